The van der Waals surface area contributed by atoms with Crippen LogP contribution in [0.15, 0.2) is 48.9 Å². The molecule has 3 aromatic rings. The number of likely N-dealkylation sites (tertiary alicyclic amines) is 1. The van der Waals surface area contributed by atoms with E-state index in [1.165, 1.54) is 17.5 Å². The fourth-order valence-corrected chi connectivity index (χ4v) is 5.00. The number of amides is 1. The Morgan fingerprint density at radius 1 is 1.15 bits per heavy atom. The van der Waals surface area contributed by atoms with Crippen LogP contribution in [0.3, 0.4) is 0 Å². The number of pyridine rings is 1. The molecule has 1 aromatic carbocycles. The number of fused-ring (bicyclic) bond motifs is 1. The Morgan fingerprint density at radius 3 is 2.85 bits per heavy atom. The first-order valence-electron chi connectivity index (χ1n) is 11.7. The minimum atomic E-state index is 0.00280. The number of aromatic nitrogens is 3. The third-order valence-electron chi connectivity index (χ3n) is 6.61. The summed E-state index contributed by atoms with van der Waals surface area (Å²) in [5.41, 5.74) is 4.84. The molecule has 7 nitrogen and oxygen atoms in total. The molecule has 1 atom stereocenters. The Kier molecular flexibility index (Phi) is 6.19. The molecular weight excluding hydrogens is 414 g/mol. The average molecular weight is 444 g/mol. The van der Waals surface area contributed by atoms with Crippen LogP contribution in [0.2, 0.25) is 0 Å². The molecule has 1 saturated heterocycles. The number of carbonyl (C=O) groups is 1. The van der Waals surface area contributed by atoms with Crippen LogP contribution in [-0.2, 0) is 24.1 Å². The van der Waals surface area contributed by atoms with Gasteiger partial charge in [-0.05, 0) is 73.4 Å². The van der Waals surface area contributed by atoms with Crippen LogP contribution in [0.1, 0.15) is 54.1 Å². The summed E-state index contributed by atoms with van der Waals surface area (Å²) in [6.07, 6.45) is 11.5. The molecule has 5 rings (SSSR count). The van der Waals surface area contributed by atoms with Gasteiger partial charge >= 0.3 is 0 Å². The van der Waals surface area contributed by atoms with Crippen molar-refractivity contribution in [1.29, 1.82) is 0 Å². The van der Waals surface area contributed by atoms with E-state index in [-0.39, 0.29) is 11.9 Å². The number of carbonyl (C=O) groups excluding carboxylic acids is 1. The van der Waals surface area contributed by atoms with Gasteiger partial charge in [0, 0.05) is 25.4 Å². The number of rotatable bonds is 7. The lowest BCUT2D eigenvalue weighted by Crippen LogP contribution is -2.31. The van der Waals surface area contributed by atoms with E-state index < -0.39 is 0 Å². The van der Waals surface area contributed by atoms with Crippen LogP contribution >= 0.6 is 0 Å². The van der Waals surface area contributed by atoms with Gasteiger partial charge in [-0.3, -0.25) is 9.78 Å². The molecule has 170 valence electrons. The van der Waals surface area contributed by atoms with Crippen LogP contribution < -0.4 is 10.1 Å². The summed E-state index contributed by atoms with van der Waals surface area (Å²) in [6, 6.07) is 10.3. The van der Waals surface area contributed by atoms with Crippen molar-refractivity contribution >= 4 is 17.5 Å². The molecule has 1 fully saturated rings. The summed E-state index contributed by atoms with van der Waals surface area (Å²) in [4.78, 5) is 28.3. The molecule has 1 aliphatic carbocycles. The summed E-state index contributed by atoms with van der Waals surface area (Å²) in [5, 5.41) is 3.19. The predicted molar refractivity (Wildman–Crippen MR) is 127 cm³/mol. The van der Waals surface area contributed by atoms with Gasteiger partial charge in [0.05, 0.1) is 25.0 Å². The highest BCUT2D eigenvalue weighted by Crippen LogP contribution is 2.34. The van der Waals surface area contributed by atoms with Gasteiger partial charge in [-0.15, -0.1) is 0 Å². The Morgan fingerprint density at radius 2 is 2.03 bits per heavy atom. The van der Waals surface area contributed by atoms with Gasteiger partial charge in [0.15, 0.2) is 0 Å². The van der Waals surface area contributed by atoms with Gasteiger partial charge in [0.25, 0.3) is 0 Å². The molecule has 3 heterocycles. The Bertz CT molecular complexity index is 1130. The number of hydrogen-bond donors (Lipinski definition) is 1. The molecule has 1 unspecified atom stereocenters. The summed E-state index contributed by atoms with van der Waals surface area (Å²) in [7, 11) is 1.71. The number of nitrogens with one attached hydrogen (secondary N) is 1. The van der Waals surface area contributed by atoms with E-state index in [0.717, 1.165) is 49.2 Å². The highest BCUT2D eigenvalue weighted by molar-refractivity contribution is 5.77. The highest BCUT2D eigenvalue weighted by Gasteiger charge is 2.31. The van der Waals surface area contributed by atoms with Crippen molar-refractivity contribution in [3.05, 3.63) is 71.3 Å². The van der Waals surface area contributed by atoms with Gasteiger partial charge in [0.1, 0.15) is 17.4 Å². The molecule has 1 aliphatic heterocycles. The molecule has 0 bridgehead atoms. The zero-order chi connectivity index (χ0) is 22.6. The minimum Gasteiger partial charge on any atom is -0.496 e. The van der Waals surface area contributed by atoms with Crippen molar-refractivity contribution in [2.45, 2.75) is 51.0 Å². The van der Waals surface area contributed by atoms with E-state index in [9.17, 15) is 4.79 Å². The number of nitrogens with zero attached hydrogens (tertiary/aromatic N) is 4. The number of aryl methyl sites for hydroxylation is 3. The SMILES string of the molecule is COc1cc2c(cc1CCC(=O)N1CCCC1c1cccc(Nc3cnccn3)n1)CCC2. The maximum absolute atomic E-state index is 13.2. The summed E-state index contributed by atoms with van der Waals surface area (Å²) >= 11 is 0. The van der Waals surface area contributed by atoms with Crippen molar-refractivity contribution in [2.24, 2.45) is 0 Å². The van der Waals surface area contributed by atoms with Gasteiger partial charge in [-0.2, -0.15) is 0 Å². The van der Waals surface area contributed by atoms with Crippen molar-refractivity contribution in [1.82, 2.24) is 19.9 Å². The standard InChI is InChI=1S/C26H29N5O2/c1-33-23-16-19-6-2-5-18(19)15-20(23)10-11-26(32)31-14-4-8-22(31)21-7-3-9-24(29-21)30-25-17-27-12-13-28-25/h3,7,9,12-13,15-17,22H,2,4-6,8,10-11,14H2,1H3,(H,28,29,30). The second-order valence-corrected chi connectivity index (χ2v) is 8.69. The first kappa shape index (κ1) is 21.4. The van der Waals surface area contributed by atoms with Crippen LogP contribution in [-0.4, -0.2) is 39.4 Å². The zero-order valence-corrected chi connectivity index (χ0v) is 19.0. The first-order valence-corrected chi connectivity index (χ1v) is 11.7. The van der Waals surface area contributed by atoms with E-state index in [1.807, 2.05) is 23.1 Å². The maximum atomic E-state index is 13.2. The third-order valence-corrected chi connectivity index (χ3v) is 6.61. The average Bonchev–Trinajstić information content (AvgIpc) is 3.52. The van der Waals surface area contributed by atoms with Crippen molar-refractivity contribution < 1.29 is 9.53 Å². The Hall–Kier alpha value is -3.48. The lowest BCUT2D eigenvalue weighted by molar-refractivity contribution is -0.132. The Balaban J connectivity index is 1.27. The second kappa shape index (κ2) is 9.57. The number of benzene rings is 1. The largest absolute Gasteiger partial charge is 0.496 e. The van der Waals surface area contributed by atoms with Crippen molar-refractivity contribution in [2.75, 3.05) is 19.0 Å². The topological polar surface area (TPSA) is 80.2 Å². The van der Waals surface area contributed by atoms with E-state index in [0.29, 0.717) is 24.5 Å². The van der Waals surface area contributed by atoms with Crippen LogP contribution in [0, 0.1) is 0 Å². The van der Waals surface area contributed by atoms with Crippen LogP contribution in [0.5, 0.6) is 5.75 Å². The molecule has 2 aromatic heterocycles. The quantitative estimate of drug-likeness (QED) is 0.583. The highest BCUT2D eigenvalue weighted by atomic mass is 16.5. The fourth-order valence-electron chi connectivity index (χ4n) is 5.00. The molecular formula is C26H29N5O2. The molecule has 0 saturated carbocycles. The molecule has 0 radical (unpaired) electrons. The smallest absolute Gasteiger partial charge is 0.223 e. The maximum Gasteiger partial charge on any atom is 0.223 e. The summed E-state index contributed by atoms with van der Waals surface area (Å²) in [5.74, 6) is 2.43. The van der Waals surface area contributed by atoms with Crippen molar-refractivity contribution in [3.8, 4) is 5.75 Å². The Labute approximate surface area is 194 Å². The van der Waals surface area contributed by atoms with Crippen LogP contribution in [0.25, 0.3) is 0 Å². The minimum absolute atomic E-state index is 0.00280. The lowest BCUT2D eigenvalue weighted by Gasteiger charge is -2.25. The zero-order valence-electron chi connectivity index (χ0n) is 19.0. The molecule has 2 aliphatic rings. The number of hydrogen-bond acceptors (Lipinski definition) is 6. The molecule has 1 N–H and O–H groups in total. The molecule has 7 heteroatoms. The predicted octanol–water partition coefficient (Wildman–Crippen LogP) is 4.41. The monoisotopic (exact) mass is 443 g/mol. The molecule has 33 heavy (non-hydrogen) atoms. The van der Waals surface area contributed by atoms with Crippen LogP contribution in [0.4, 0.5) is 11.6 Å². The third kappa shape index (κ3) is 4.67. The van der Waals surface area contributed by atoms with E-state index in [4.69, 9.17) is 9.72 Å². The van der Waals surface area contributed by atoms with Gasteiger partial charge < -0.3 is 15.0 Å². The first-order chi connectivity index (χ1) is 16.2. The molecule has 0 spiro atoms. The summed E-state index contributed by atoms with van der Waals surface area (Å²) in [6.45, 7) is 0.772. The number of methoxy groups -OCH3 is 1. The van der Waals surface area contributed by atoms with E-state index in [2.05, 4.69) is 27.4 Å². The molecule has 1 amide bonds. The lowest BCUT2D eigenvalue weighted by atomic mass is 10.0. The number of anilines is 2. The van der Waals surface area contributed by atoms with Gasteiger partial charge in [-0.1, -0.05) is 12.1 Å². The normalized spacial score (nSPS) is 17.1. The van der Waals surface area contributed by atoms with Crippen molar-refractivity contribution in [3.63, 3.8) is 0 Å². The van der Waals surface area contributed by atoms with E-state index >= 15 is 0 Å². The fraction of sp³-hybridized carbons (Fsp3) is 0.385. The second-order valence-electron chi connectivity index (χ2n) is 8.69. The van der Waals surface area contributed by atoms with Gasteiger partial charge in [0.2, 0.25) is 5.91 Å². The van der Waals surface area contributed by atoms with E-state index in [1.54, 1.807) is 25.7 Å². The summed E-state index contributed by atoms with van der Waals surface area (Å²) < 4.78 is 5.63. The number of ether oxygens (including phenoxy) is 1. The van der Waals surface area contributed by atoms with Gasteiger partial charge in [-0.25, -0.2) is 9.97 Å².